The predicted molar refractivity (Wildman–Crippen MR) is 95.4 cm³/mol. The Morgan fingerprint density at radius 1 is 1.31 bits per heavy atom. The Balaban J connectivity index is 1.52. The monoisotopic (exact) mass is 373 g/mol. The highest BCUT2D eigenvalue weighted by Crippen LogP contribution is 2.28. The van der Waals surface area contributed by atoms with Crippen molar-refractivity contribution in [3.05, 3.63) is 48.0 Å². The molecule has 1 N–H and O–H groups in total. The summed E-state index contributed by atoms with van der Waals surface area (Å²) in [5, 5.41) is 2.99. The summed E-state index contributed by atoms with van der Waals surface area (Å²) in [6, 6.07) is 6.76. The van der Waals surface area contributed by atoms with Gasteiger partial charge in [0.25, 0.3) is 15.9 Å². The van der Waals surface area contributed by atoms with Crippen molar-refractivity contribution in [2.75, 3.05) is 13.1 Å². The highest BCUT2D eigenvalue weighted by Gasteiger charge is 2.34. The molecule has 0 bridgehead atoms. The van der Waals surface area contributed by atoms with Gasteiger partial charge in [-0.15, -0.1) is 4.40 Å². The lowest BCUT2D eigenvalue weighted by atomic mass is 10.0. The number of hydrogen-bond acceptors (Lipinski definition) is 5. The van der Waals surface area contributed by atoms with Crippen molar-refractivity contribution in [2.24, 2.45) is 11.4 Å². The normalized spacial score (nSPS) is 21.2. The van der Waals surface area contributed by atoms with E-state index < -0.39 is 10.0 Å². The van der Waals surface area contributed by atoms with Gasteiger partial charge in [-0.05, 0) is 25.0 Å². The van der Waals surface area contributed by atoms with Gasteiger partial charge in [-0.2, -0.15) is 8.42 Å². The molecule has 2 aliphatic heterocycles. The lowest BCUT2D eigenvalue weighted by Gasteiger charge is -2.34. The van der Waals surface area contributed by atoms with Crippen LogP contribution in [0.3, 0.4) is 0 Å². The van der Waals surface area contributed by atoms with Crippen LogP contribution in [-0.2, 0) is 17.1 Å². The summed E-state index contributed by atoms with van der Waals surface area (Å²) in [4.78, 5) is 18.6. The van der Waals surface area contributed by atoms with E-state index in [1.807, 2.05) is 11.9 Å². The quantitative estimate of drug-likeness (QED) is 0.838. The average Bonchev–Trinajstić information content (AvgIpc) is 3.17. The van der Waals surface area contributed by atoms with Crippen molar-refractivity contribution >= 4 is 21.8 Å². The molecule has 1 amide bonds. The molecule has 0 radical (unpaired) electrons. The van der Waals surface area contributed by atoms with Crippen LogP contribution < -0.4 is 5.32 Å². The molecule has 136 valence electrons. The fourth-order valence-corrected chi connectivity index (χ4v) is 4.62. The van der Waals surface area contributed by atoms with Crippen molar-refractivity contribution in [1.82, 2.24) is 19.8 Å². The van der Waals surface area contributed by atoms with Crippen LogP contribution in [0.25, 0.3) is 0 Å². The summed E-state index contributed by atoms with van der Waals surface area (Å²) in [6.07, 6.45) is 4.92. The van der Waals surface area contributed by atoms with Crippen LogP contribution in [0.5, 0.6) is 0 Å². The van der Waals surface area contributed by atoms with Crippen LogP contribution >= 0.6 is 0 Å². The van der Waals surface area contributed by atoms with Gasteiger partial charge in [-0.25, -0.2) is 4.98 Å². The zero-order valence-electron chi connectivity index (χ0n) is 14.3. The number of hydrogen-bond donors (Lipinski definition) is 1. The predicted octanol–water partition coefficient (Wildman–Crippen LogP) is 0.763. The van der Waals surface area contributed by atoms with Crippen molar-refractivity contribution < 1.29 is 13.2 Å². The number of carbonyl (C=O) groups excluding carboxylic acids is 1. The maximum atomic E-state index is 12.3. The van der Waals surface area contributed by atoms with Gasteiger partial charge in [0.15, 0.2) is 5.84 Å². The summed E-state index contributed by atoms with van der Waals surface area (Å²) in [5.41, 5.74) is 1.000. The Morgan fingerprint density at radius 2 is 2.12 bits per heavy atom. The highest BCUT2D eigenvalue weighted by atomic mass is 32.2. The number of rotatable bonds is 2. The molecule has 2 aromatic rings. The number of amides is 1. The minimum absolute atomic E-state index is 0.0866. The van der Waals surface area contributed by atoms with Crippen molar-refractivity contribution in [3.8, 4) is 0 Å². The number of nitrogens with zero attached hydrogens (tertiary/aromatic N) is 4. The molecule has 1 saturated heterocycles. The van der Waals surface area contributed by atoms with Gasteiger partial charge < -0.3 is 14.8 Å². The fraction of sp³-hybridized carbons (Fsp3) is 0.353. The number of imidazole rings is 1. The van der Waals surface area contributed by atoms with E-state index in [1.54, 1.807) is 41.4 Å². The Bertz CT molecular complexity index is 995. The van der Waals surface area contributed by atoms with Crippen LogP contribution in [0.1, 0.15) is 28.9 Å². The smallest absolute Gasteiger partial charge is 0.285 e. The van der Waals surface area contributed by atoms with E-state index in [0.29, 0.717) is 30.2 Å². The second-order valence-corrected chi connectivity index (χ2v) is 8.14. The van der Waals surface area contributed by atoms with E-state index in [-0.39, 0.29) is 16.8 Å². The van der Waals surface area contributed by atoms with E-state index in [0.717, 1.165) is 12.8 Å². The number of amidine groups is 1. The molecule has 8 nitrogen and oxygen atoms in total. The fourth-order valence-electron chi connectivity index (χ4n) is 3.39. The van der Waals surface area contributed by atoms with E-state index >= 15 is 0 Å². The first kappa shape index (κ1) is 16.8. The lowest BCUT2D eigenvalue weighted by Crippen LogP contribution is -2.49. The summed E-state index contributed by atoms with van der Waals surface area (Å²) in [7, 11) is -1.83. The number of piperidine rings is 1. The third kappa shape index (κ3) is 2.98. The van der Waals surface area contributed by atoms with Gasteiger partial charge in [0.05, 0.1) is 6.33 Å². The van der Waals surface area contributed by atoms with Gasteiger partial charge in [-0.1, -0.05) is 12.1 Å². The maximum Gasteiger partial charge on any atom is 0.285 e. The zero-order chi connectivity index (χ0) is 18.3. The molecule has 0 saturated carbocycles. The van der Waals surface area contributed by atoms with E-state index in [1.165, 1.54) is 0 Å². The Kier molecular flexibility index (Phi) is 4.03. The molecule has 4 rings (SSSR count). The molecule has 9 heteroatoms. The Morgan fingerprint density at radius 3 is 2.88 bits per heavy atom. The maximum absolute atomic E-state index is 12.3. The van der Waals surface area contributed by atoms with Crippen LogP contribution in [-0.4, -0.2) is 53.7 Å². The Hall–Kier alpha value is -2.68. The number of fused-ring (bicyclic) bond motifs is 1. The first-order valence-corrected chi connectivity index (χ1v) is 9.86. The van der Waals surface area contributed by atoms with Crippen molar-refractivity contribution in [1.29, 1.82) is 0 Å². The molecule has 1 atom stereocenters. The summed E-state index contributed by atoms with van der Waals surface area (Å²) < 4.78 is 30.2. The van der Waals surface area contributed by atoms with E-state index in [9.17, 15) is 13.2 Å². The second kappa shape index (κ2) is 6.24. The number of aromatic nitrogens is 2. The minimum atomic E-state index is -3.64. The van der Waals surface area contributed by atoms with Crippen molar-refractivity contribution in [3.63, 3.8) is 0 Å². The van der Waals surface area contributed by atoms with Gasteiger partial charge in [0, 0.05) is 37.9 Å². The van der Waals surface area contributed by atoms with Gasteiger partial charge in [0.1, 0.15) is 10.6 Å². The number of likely N-dealkylation sites (tertiary alicyclic amines) is 1. The lowest BCUT2D eigenvalue weighted by molar-refractivity contribution is 0.0915. The molecule has 1 aromatic carbocycles. The first-order valence-electron chi connectivity index (χ1n) is 8.42. The minimum Gasteiger partial charge on any atom is -0.353 e. The molecule has 26 heavy (non-hydrogen) atoms. The number of nitrogens with one attached hydrogen (secondary N) is 1. The van der Waals surface area contributed by atoms with Crippen LogP contribution in [0, 0.1) is 0 Å². The molecule has 0 aliphatic carbocycles. The summed E-state index contributed by atoms with van der Waals surface area (Å²) >= 11 is 0. The molecular weight excluding hydrogens is 354 g/mol. The van der Waals surface area contributed by atoms with Crippen LogP contribution in [0.2, 0.25) is 0 Å². The number of sulfonamides is 1. The third-order valence-corrected chi connectivity index (χ3v) is 5.93. The van der Waals surface area contributed by atoms with Gasteiger partial charge in [-0.3, -0.25) is 4.79 Å². The molecule has 1 aromatic heterocycles. The number of benzene rings is 1. The Labute approximate surface area is 151 Å². The molecule has 3 heterocycles. The average molecular weight is 373 g/mol. The topological polar surface area (TPSA) is 96.7 Å². The molecular formula is C17H19N5O3S. The van der Waals surface area contributed by atoms with E-state index in [4.69, 9.17) is 0 Å². The second-order valence-electron chi connectivity index (χ2n) is 6.57. The molecule has 1 unspecified atom stereocenters. The largest absolute Gasteiger partial charge is 0.353 e. The van der Waals surface area contributed by atoms with Crippen LogP contribution in [0.15, 0.2) is 46.1 Å². The van der Waals surface area contributed by atoms with Gasteiger partial charge >= 0.3 is 0 Å². The zero-order valence-corrected chi connectivity index (χ0v) is 15.1. The number of carbonyl (C=O) groups is 1. The molecule has 1 fully saturated rings. The van der Waals surface area contributed by atoms with Gasteiger partial charge in [0.2, 0.25) is 0 Å². The first-order chi connectivity index (χ1) is 12.4. The molecule has 2 aliphatic rings. The van der Waals surface area contributed by atoms with E-state index in [2.05, 4.69) is 14.7 Å². The SMILES string of the molecule is Cn1cnc(C(=O)NC2CCCN(C3=NS(=O)(=O)c4ccccc43)C2)c1. The highest BCUT2D eigenvalue weighted by molar-refractivity contribution is 7.90. The van der Waals surface area contributed by atoms with Crippen molar-refractivity contribution in [2.45, 2.75) is 23.8 Å². The van der Waals surface area contributed by atoms with Crippen LogP contribution in [0.4, 0.5) is 0 Å². The number of aryl methyl sites for hydroxylation is 1. The summed E-state index contributed by atoms with van der Waals surface area (Å²) in [5.74, 6) is 0.246. The summed E-state index contributed by atoms with van der Waals surface area (Å²) in [6.45, 7) is 1.22. The molecule has 0 spiro atoms. The third-order valence-electron chi connectivity index (χ3n) is 4.61. The standard InChI is InChI=1S/C17H19N5O3S/c1-21-10-14(18-11-21)17(23)19-12-5-4-8-22(9-12)16-13-6-2-3-7-15(13)26(24,25)20-16/h2-3,6-7,10-12H,4-5,8-9H2,1H3,(H,19,23).